The van der Waals surface area contributed by atoms with Gasteiger partial charge in [-0.2, -0.15) is 10.5 Å². The highest BCUT2D eigenvalue weighted by Crippen LogP contribution is 2.34. The molecule has 1 atom stereocenters. The van der Waals surface area contributed by atoms with Crippen LogP contribution < -0.4 is 5.48 Å². The van der Waals surface area contributed by atoms with Gasteiger partial charge in [-0.15, -0.1) is 0 Å². The summed E-state index contributed by atoms with van der Waals surface area (Å²) in [5.41, 5.74) is 0.560. The van der Waals surface area contributed by atoms with Crippen molar-refractivity contribution in [2.24, 2.45) is 0 Å². The first-order chi connectivity index (χ1) is 6.23. The molecule has 1 aliphatic heterocycles. The number of nitrogens with zero attached hydrogens (tertiary/aromatic N) is 1. The van der Waals surface area contributed by atoms with Crippen LogP contribution in [0.1, 0.15) is 34.1 Å². The van der Waals surface area contributed by atoms with Gasteiger partial charge < -0.3 is 10.4 Å². The summed E-state index contributed by atoms with van der Waals surface area (Å²) in [4.78, 5) is 11.6. The fourth-order valence-electron chi connectivity index (χ4n) is 2.13. The second-order valence-electron chi connectivity index (χ2n) is 4.98. The van der Waals surface area contributed by atoms with Crippen LogP contribution in [0.2, 0.25) is 0 Å². The molecule has 0 spiro atoms. The molecule has 14 heavy (non-hydrogen) atoms. The highest BCUT2D eigenvalue weighted by molar-refractivity contribution is 5.87. The smallest absolute Gasteiger partial charge is 0.155 e. The van der Waals surface area contributed by atoms with Gasteiger partial charge in [-0.1, -0.05) is 0 Å². The molecule has 1 heterocycles. The summed E-state index contributed by atoms with van der Waals surface area (Å²) in [6.07, 6.45) is 0.213. The van der Waals surface area contributed by atoms with Gasteiger partial charge in [0.1, 0.15) is 6.04 Å². The Morgan fingerprint density at radius 1 is 1.43 bits per heavy atom. The first-order valence-electron chi connectivity index (χ1n) is 4.65. The largest absolute Gasteiger partial charge is 0.316 e. The zero-order valence-corrected chi connectivity index (χ0v) is 9.03. The minimum absolute atomic E-state index is 0.0900. The fourth-order valence-corrected chi connectivity index (χ4v) is 2.13. The topological polar surface area (TPSA) is 72.8 Å². The first kappa shape index (κ1) is 11.6. The molecule has 3 N–H and O–H groups in total. The molecule has 1 fully saturated rings. The van der Waals surface area contributed by atoms with Crippen molar-refractivity contribution in [1.82, 2.24) is 10.5 Å². The zero-order chi connectivity index (χ0) is 11.1. The molecular formula is C9H18N2O3. The Bertz CT molecular complexity index is 250. The van der Waals surface area contributed by atoms with Crippen LogP contribution in [0.5, 0.6) is 0 Å². The molecule has 82 valence electrons. The Morgan fingerprint density at radius 3 is 2.36 bits per heavy atom. The summed E-state index contributed by atoms with van der Waals surface area (Å²) in [7, 11) is 0. The van der Waals surface area contributed by atoms with Crippen molar-refractivity contribution in [3.8, 4) is 0 Å². The van der Waals surface area contributed by atoms with Gasteiger partial charge >= 0.3 is 0 Å². The zero-order valence-electron chi connectivity index (χ0n) is 9.03. The Labute approximate surface area is 83.6 Å². The average Bonchev–Trinajstić information content (AvgIpc) is 2.00. The number of ketones is 1. The van der Waals surface area contributed by atoms with Crippen LogP contribution in [-0.4, -0.2) is 38.4 Å². The van der Waals surface area contributed by atoms with E-state index >= 15 is 0 Å². The van der Waals surface area contributed by atoms with Gasteiger partial charge in [-0.05, 0) is 27.7 Å². The number of rotatable bonds is 1. The van der Waals surface area contributed by atoms with Gasteiger partial charge in [-0.3, -0.25) is 4.79 Å². The lowest BCUT2D eigenvalue weighted by Crippen LogP contribution is -2.69. The van der Waals surface area contributed by atoms with Crippen LogP contribution in [-0.2, 0) is 4.79 Å². The highest BCUT2D eigenvalue weighted by Gasteiger charge is 2.51. The summed E-state index contributed by atoms with van der Waals surface area (Å²) in [6, 6.07) is -0.750. The maximum Gasteiger partial charge on any atom is 0.155 e. The summed E-state index contributed by atoms with van der Waals surface area (Å²) < 4.78 is 0. The maximum absolute atomic E-state index is 11.6. The van der Waals surface area contributed by atoms with Gasteiger partial charge in [0.05, 0.1) is 5.54 Å². The van der Waals surface area contributed by atoms with E-state index in [4.69, 9.17) is 5.21 Å². The van der Waals surface area contributed by atoms with Gasteiger partial charge in [0.15, 0.2) is 5.78 Å². The molecule has 5 heteroatoms. The van der Waals surface area contributed by atoms with Gasteiger partial charge in [-0.25, -0.2) is 0 Å². The quantitative estimate of drug-likeness (QED) is 0.542. The van der Waals surface area contributed by atoms with E-state index in [1.807, 2.05) is 5.48 Å². The molecule has 0 amide bonds. The molecule has 1 aliphatic rings. The average molecular weight is 202 g/mol. The summed E-state index contributed by atoms with van der Waals surface area (Å²) in [6.45, 7) is 7.00. The number of hydrogen-bond acceptors (Lipinski definition) is 5. The lowest BCUT2D eigenvalue weighted by molar-refractivity contribution is -0.249. The van der Waals surface area contributed by atoms with Gasteiger partial charge in [0.2, 0.25) is 0 Å². The second kappa shape index (κ2) is 3.27. The molecular weight excluding hydrogens is 184 g/mol. The van der Waals surface area contributed by atoms with Crippen molar-refractivity contribution in [3.63, 3.8) is 0 Å². The third-order valence-corrected chi connectivity index (χ3v) is 2.88. The predicted octanol–water partition coefficient (Wildman–Crippen LogP) is 0.555. The number of carbonyl (C=O) groups is 1. The maximum atomic E-state index is 11.6. The number of piperidine rings is 1. The van der Waals surface area contributed by atoms with Crippen LogP contribution in [0, 0.1) is 0 Å². The van der Waals surface area contributed by atoms with Crippen molar-refractivity contribution in [2.45, 2.75) is 51.2 Å². The van der Waals surface area contributed by atoms with Crippen LogP contribution in [0.3, 0.4) is 0 Å². The molecule has 0 aromatic carbocycles. The predicted molar refractivity (Wildman–Crippen MR) is 50.1 cm³/mol. The molecule has 0 aromatic heterocycles. The number of carbonyl (C=O) groups excluding carboxylic acids is 1. The fraction of sp³-hybridized carbons (Fsp3) is 0.889. The van der Waals surface area contributed by atoms with Gasteiger partial charge in [0.25, 0.3) is 0 Å². The SMILES string of the molecule is CC1(C)CC(=O)C(NO)C(C)(C)N1O. The van der Waals surface area contributed by atoms with E-state index in [1.165, 1.54) is 0 Å². The van der Waals surface area contributed by atoms with Crippen molar-refractivity contribution in [3.05, 3.63) is 0 Å². The van der Waals surface area contributed by atoms with E-state index in [1.54, 1.807) is 27.7 Å². The Kier molecular flexibility index (Phi) is 2.71. The number of nitrogens with one attached hydrogen (secondary N) is 1. The van der Waals surface area contributed by atoms with Crippen LogP contribution in [0.15, 0.2) is 0 Å². The Morgan fingerprint density at radius 2 is 1.93 bits per heavy atom. The van der Waals surface area contributed by atoms with Crippen LogP contribution in [0.4, 0.5) is 0 Å². The summed E-state index contributed by atoms with van der Waals surface area (Å²) in [5.74, 6) is -0.0900. The third kappa shape index (κ3) is 1.56. The molecule has 1 rings (SSSR count). The molecule has 1 saturated heterocycles. The van der Waals surface area contributed by atoms with Crippen LogP contribution in [0.25, 0.3) is 0 Å². The Balaban J connectivity index is 3.04. The van der Waals surface area contributed by atoms with E-state index in [0.29, 0.717) is 0 Å². The molecule has 0 bridgehead atoms. The summed E-state index contributed by atoms with van der Waals surface area (Å²) >= 11 is 0. The first-order valence-corrected chi connectivity index (χ1v) is 4.65. The highest BCUT2D eigenvalue weighted by atomic mass is 16.5. The molecule has 1 unspecified atom stereocenters. The molecule has 0 aliphatic carbocycles. The van der Waals surface area contributed by atoms with E-state index in [2.05, 4.69) is 0 Å². The molecule has 0 aromatic rings. The molecule has 5 nitrogen and oxygen atoms in total. The second-order valence-corrected chi connectivity index (χ2v) is 4.98. The number of hydrogen-bond donors (Lipinski definition) is 3. The summed E-state index contributed by atoms with van der Waals surface area (Å²) in [5, 5.41) is 19.9. The van der Waals surface area contributed by atoms with E-state index in [0.717, 1.165) is 5.06 Å². The van der Waals surface area contributed by atoms with Crippen LogP contribution >= 0.6 is 0 Å². The van der Waals surface area contributed by atoms with E-state index in [9.17, 15) is 10.0 Å². The minimum Gasteiger partial charge on any atom is -0.316 e. The monoisotopic (exact) mass is 202 g/mol. The normalized spacial score (nSPS) is 31.9. The molecule has 0 radical (unpaired) electrons. The Hall–Kier alpha value is -0.490. The standard InChI is InChI=1S/C9H18N2O3/c1-8(2)5-6(12)7(10-13)9(3,4)11(8)14/h7,10,13-14H,5H2,1-4H3. The lowest BCUT2D eigenvalue weighted by atomic mass is 9.78. The van der Waals surface area contributed by atoms with E-state index in [-0.39, 0.29) is 12.2 Å². The van der Waals surface area contributed by atoms with Gasteiger partial charge in [0, 0.05) is 12.0 Å². The number of Topliss-reactive ketones (excluding diaryl/α,β-unsaturated/α-hetero) is 1. The van der Waals surface area contributed by atoms with Crippen molar-refractivity contribution >= 4 is 5.78 Å². The minimum atomic E-state index is -0.812. The number of hydroxylamine groups is 3. The van der Waals surface area contributed by atoms with Crippen molar-refractivity contribution < 1.29 is 15.2 Å². The molecule has 0 saturated carbocycles. The third-order valence-electron chi connectivity index (χ3n) is 2.88. The lowest BCUT2D eigenvalue weighted by Gasteiger charge is -2.51. The van der Waals surface area contributed by atoms with Crippen molar-refractivity contribution in [1.29, 1.82) is 0 Å². The van der Waals surface area contributed by atoms with Crippen molar-refractivity contribution in [2.75, 3.05) is 0 Å². The van der Waals surface area contributed by atoms with E-state index < -0.39 is 17.1 Å².